The number of fused-ring (bicyclic) bond motifs is 1. The number of aliphatic imine (C=N–C) groups is 1. The molecule has 1 saturated heterocycles. The van der Waals surface area contributed by atoms with Crippen LogP contribution in [0, 0.1) is 0 Å². The Balaban J connectivity index is 1.96. The molecule has 0 aliphatic carbocycles. The Morgan fingerprint density at radius 1 is 1.39 bits per heavy atom. The molecular weight excluding hydrogens is 224 g/mol. The van der Waals surface area contributed by atoms with Crippen LogP contribution in [0.3, 0.4) is 0 Å². The highest BCUT2D eigenvalue weighted by molar-refractivity contribution is 6.02. The highest BCUT2D eigenvalue weighted by Crippen LogP contribution is 2.37. The third kappa shape index (κ3) is 1.57. The fourth-order valence-electron chi connectivity index (χ4n) is 3.21. The summed E-state index contributed by atoms with van der Waals surface area (Å²) in [5, 5.41) is 0. The number of hydrogen-bond donors (Lipinski definition) is 0. The first-order valence-corrected chi connectivity index (χ1v) is 6.55. The summed E-state index contributed by atoms with van der Waals surface area (Å²) < 4.78 is 0. The van der Waals surface area contributed by atoms with Gasteiger partial charge in [0.05, 0.1) is 11.2 Å². The molecule has 2 aliphatic rings. The average Bonchev–Trinajstić information content (AvgIpc) is 2.92. The van der Waals surface area contributed by atoms with Gasteiger partial charge in [-0.25, -0.2) is 0 Å². The van der Waals surface area contributed by atoms with Gasteiger partial charge in [0, 0.05) is 25.6 Å². The lowest BCUT2D eigenvalue weighted by molar-refractivity contribution is -0.130. The smallest absolute Gasteiger partial charge is 0.220 e. The molecule has 2 aliphatic heterocycles. The first-order valence-electron chi connectivity index (χ1n) is 6.55. The van der Waals surface area contributed by atoms with Gasteiger partial charge in [0.25, 0.3) is 0 Å². The molecule has 1 atom stereocenters. The third-order valence-corrected chi connectivity index (χ3v) is 4.25. The molecule has 0 spiro atoms. The second-order valence-electron chi connectivity index (χ2n) is 5.41. The summed E-state index contributed by atoms with van der Waals surface area (Å²) in [6.45, 7) is 4.68. The van der Waals surface area contributed by atoms with Gasteiger partial charge in [0.1, 0.15) is 0 Å². The summed E-state index contributed by atoms with van der Waals surface area (Å²) in [6, 6.07) is 8.25. The number of amides is 1. The van der Waals surface area contributed by atoms with Crippen LogP contribution in [0.15, 0.2) is 29.3 Å². The summed E-state index contributed by atoms with van der Waals surface area (Å²) in [7, 11) is 0. The van der Waals surface area contributed by atoms with E-state index >= 15 is 0 Å². The lowest BCUT2D eigenvalue weighted by atomic mass is 9.89. The summed E-state index contributed by atoms with van der Waals surface area (Å²) in [5.41, 5.74) is 3.33. The van der Waals surface area contributed by atoms with E-state index in [0.29, 0.717) is 0 Å². The Labute approximate surface area is 108 Å². The lowest BCUT2D eigenvalue weighted by Gasteiger charge is -2.34. The fraction of sp³-hybridized carbons (Fsp3) is 0.467. The van der Waals surface area contributed by atoms with E-state index in [-0.39, 0.29) is 11.4 Å². The van der Waals surface area contributed by atoms with Crippen molar-refractivity contribution in [3.63, 3.8) is 0 Å². The van der Waals surface area contributed by atoms with Gasteiger partial charge < -0.3 is 4.90 Å². The molecule has 94 valence electrons. The molecule has 3 nitrogen and oxygen atoms in total. The van der Waals surface area contributed by atoms with Crippen molar-refractivity contribution in [3.8, 4) is 0 Å². The fourth-order valence-corrected chi connectivity index (χ4v) is 3.21. The van der Waals surface area contributed by atoms with Crippen LogP contribution >= 0.6 is 0 Å². The average molecular weight is 242 g/mol. The van der Waals surface area contributed by atoms with Crippen molar-refractivity contribution in [2.24, 2.45) is 4.99 Å². The minimum Gasteiger partial charge on any atom is -0.332 e. The predicted octanol–water partition coefficient (Wildman–Crippen LogP) is 2.72. The lowest BCUT2D eigenvalue weighted by Crippen LogP contribution is -2.50. The molecule has 2 heterocycles. The zero-order chi connectivity index (χ0) is 12.8. The Morgan fingerprint density at radius 2 is 2.17 bits per heavy atom. The van der Waals surface area contributed by atoms with Crippen LogP contribution in [0.4, 0.5) is 5.69 Å². The van der Waals surface area contributed by atoms with Gasteiger partial charge in [-0.3, -0.25) is 9.79 Å². The molecule has 1 fully saturated rings. The molecule has 3 rings (SSSR count). The Bertz CT molecular complexity index is 535. The maximum Gasteiger partial charge on any atom is 0.220 e. The van der Waals surface area contributed by atoms with Crippen LogP contribution in [-0.4, -0.2) is 28.6 Å². The third-order valence-electron chi connectivity index (χ3n) is 4.25. The SMILES string of the molecule is CC(=O)N1CCC[C@@]1(C)C1=Nc2ccccc2C1. The van der Waals surface area contributed by atoms with Gasteiger partial charge >= 0.3 is 0 Å². The topological polar surface area (TPSA) is 32.7 Å². The quantitative estimate of drug-likeness (QED) is 0.745. The first-order chi connectivity index (χ1) is 8.61. The molecule has 1 amide bonds. The minimum atomic E-state index is -0.176. The molecule has 0 saturated carbocycles. The number of carbonyl (C=O) groups is 1. The minimum absolute atomic E-state index is 0.161. The Morgan fingerprint density at radius 3 is 2.89 bits per heavy atom. The van der Waals surface area contributed by atoms with E-state index in [1.807, 2.05) is 11.0 Å². The van der Waals surface area contributed by atoms with Crippen LogP contribution in [0.5, 0.6) is 0 Å². The van der Waals surface area contributed by atoms with Crippen molar-refractivity contribution in [1.82, 2.24) is 4.90 Å². The van der Waals surface area contributed by atoms with Crippen molar-refractivity contribution in [2.75, 3.05) is 6.54 Å². The van der Waals surface area contributed by atoms with E-state index in [2.05, 4.69) is 25.1 Å². The van der Waals surface area contributed by atoms with Gasteiger partial charge in [0.15, 0.2) is 0 Å². The maximum atomic E-state index is 11.8. The van der Waals surface area contributed by atoms with E-state index < -0.39 is 0 Å². The van der Waals surface area contributed by atoms with Crippen LogP contribution < -0.4 is 0 Å². The highest BCUT2D eigenvalue weighted by Gasteiger charge is 2.43. The van der Waals surface area contributed by atoms with Crippen molar-refractivity contribution in [1.29, 1.82) is 0 Å². The molecule has 0 N–H and O–H groups in total. The Kier molecular flexibility index (Phi) is 2.51. The predicted molar refractivity (Wildman–Crippen MR) is 72.3 cm³/mol. The number of hydrogen-bond acceptors (Lipinski definition) is 2. The number of benzene rings is 1. The number of para-hydroxylation sites is 1. The second-order valence-corrected chi connectivity index (χ2v) is 5.41. The zero-order valence-electron chi connectivity index (χ0n) is 10.9. The summed E-state index contributed by atoms with van der Waals surface area (Å²) >= 11 is 0. The van der Waals surface area contributed by atoms with Crippen molar-refractivity contribution >= 4 is 17.3 Å². The number of rotatable bonds is 1. The van der Waals surface area contributed by atoms with Crippen molar-refractivity contribution in [3.05, 3.63) is 29.8 Å². The van der Waals surface area contributed by atoms with Crippen LogP contribution in [0.1, 0.15) is 32.3 Å². The summed E-state index contributed by atoms with van der Waals surface area (Å²) in [4.78, 5) is 18.5. The molecule has 0 radical (unpaired) electrons. The van der Waals surface area contributed by atoms with E-state index in [1.165, 1.54) is 5.56 Å². The second kappa shape index (κ2) is 3.94. The standard InChI is InChI=1S/C15H18N2O/c1-11(18)17-9-5-8-15(17,2)14-10-12-6-3-4-7-13(12)16-14/h3-4,6-7H,5,8-10H2,1-2H3/t15-/m0/s1. The van der Waals surface area contributed by atoms with Gasteiger partial charge in [0.2, 0.25) is 5.91 Å². The molecule has 3 heteroatoms. The number of carbonyl (C=O) groups excluding carboxylic acids is 1. The highest BCUT2D eigenvalue weighted by atomic mass is 16.2. The molecule has 1 aromatic rings. The zero-order valence-corrected chi connectivity index (χ0v) is 10.9. The normalized spacial score (nSPS) is 26.1. The van der Waals surface area contributed by atoms with Gasteiger partial charge in [-0.1, -0.05) is 18.2 Å². The van der Waals surface area contributed by atoms with Gasteiger partial charge in [-0.2, -0.15) is 0 Å². The molecule has 0 aromatic heterocycles. The Hall–Kier alpha value is -1.64. The molecule has 0 bridgehead atoms. The molecular formula is C15H18N2O. The van der Waals surface area contributed by atoms with E-state index in [0.717, 1.165) is 37.2 Å². The summed E-state index contributed by atoms with van der Waals surface area (Å²) in [5.74, 6) is 0.161. The first kappa shape index (κ1) is 11.5. The molecule has 18 heavy (non-hydrogen) atoms. The van der Waals surface area contributed by atoms with E-state index in [4.69, 9.17) is 4.99 Å². The maximum absolute atomic E-state index is 11.8. The van der Waals surface area contributed by atoms with E-state index in [1.54, 1.807) is 6.92 Å². The van der Waals surface area contributed by atoms with Crippen LogP contribution in [0.2, 0.25) is 0 Å². The number of likely N-dealkylation sites (tertiary alicyclic amines) is 1. The number of nitrogens with zero attached hydrogens (tertiary/aromatic N) is 2. The van der Waals surface area contributed by atoms with Gasteiger partial charge in [-0.05, 0) is 31.4 Å². The summed E-state index contributed by atoms with van der Waals surface area (Å²) in [6.07, 6.45) is 2.99. The van der Waals surface area contributed by atoms with Crippen LogP contribution in [-0.2, 0) is 11.2 Å². The van der Waals surface area contributed by atoms with Gasteiger partial charge in [-0.15, -0.1) is 0 Å². The monoisotopic (exact) mass is 242 g/mol. The molecule has 1 aromatic carbocycles. The largest absolute Gasteiger partial charge is 0.332 e. The van der Waals surface area contributed by atoms with E-state index in [9.17, 15) is 4.79 Å². The van der Waals surface area contributed by atoms with Crippen molar-refractivity contribution < 1.29 is 4.79 Å². The van der Waals surface area contributed by atoms with Crippen LogP contribution in [0.25, 0.3) is 0 Å². The molecule has 0 unspecified atom stereocenters. The van der Waals surface area contributed by atoms with Crippen molar-refractivity contribution in [2.45, 2.75) is 38.6 Å².